The molecule has 0 N–H and O–H groups in total. The van der Waals surface area contributed by atoms with E-state index in [1.165, 1.54) is 38.0 Å². The summed E-state index contributed by atoms with van der Waals surface area (Å²) < 4.78 is 6.15. The van der Waals surface area contributed by atoms with Crippen molar-refractivity contribution >= 4 is 0 Å². The van der Waals surface area contributed by atoms with Crippen LogP contribution in [0.25, 0.3) is 0 Å². The monoisotopic (exact) mass is 345 g/mol. The maximum Gasteiger partial charge on any atom is 0.123 e. The maximum absolute atomic E-state index is 6.15. The van der Waals surface area contributed by atoms with Crippen LogP contribution in [0.15, 0.2) is 24.3 Å². The summed E-state index contributed by atoms with van der Waals surface area (Å²) in [6.45, 7) is 12.5. The number of piperazine rings is 1. The minimum atomic E-state index is 0.824. The number of para-hydroxylation sites is 1. The molecule has 2 aliphatic heterocycles. The number of benzene rings is 1. The van der Waals surface area contributed by atoms with Crippen LogP contribution in [0.3, 0.4) is 0 Å². The standard InChI is InChI=1S/C21H35N3O/c1-19-7-5-10-23(17-19)11-6-16-25-21-9-4-3-8-20(21)18-24-14-12-22(2)13-15-24/h3-4,8-9,19H,5-7,10-18H2,1-2H3/t19-/m0/s1. The Bertz CT molecular complexity index is 514. The first-order chi connectivity index (χ1) is 12.2. The first kappa shape index (κ1) is 18.7. The van der Waals surface area contributed by atoms with Gasteiger partial charge < -0.3 is 14.5 Å². The Morgan fingerprint density at radius 2 is 1.84 bits per heavy atom. The topological polar surface area (TPSA) is 19.0 Å². The fraction of sp³-hybridized carbons (Fsp3) is 0.714. The molecule has 4 nitrogen and oxygen atoms in total. The highest BCUT2D eigenvalue weighted by atomic mass is 16.5. The minimum Gasteiger partial charge on any atom is -0.493 e. The molecule has 1 atom stereocenters. The molecule has 0 bridgehead atoms. The molecule has 1 aromatic rings. The second-order valence-electron chi connectivity index (χ2n) is 7.94. The number of ether oxygens (including phenoxy) is 1. The van der Waals surface area contributed by atoms with Crippen LogP contribution in [-0.2, 0) is 6.54 Å². The van der Waals surface area contributed by atoms with Gasteiger partial charge in [0.25, 0.3) is 0 Å². The molecule has 2 aliphatic rings. The van der Waals surface area contributed by atoms with E-state index in [1.807, 2.05) is 0 Å². The molecule has 0 saturated carbocycles. The number of likely N-dealkylation sites (N-methyl/N-ethyl adjacent to an activating group) is 1. The van der Waals surface area contributed by atoms with Crippen molar-refractivity contribution in [2.24, 2.45) is 5.92 Å². The zero-order valence-corrected chi connectivity index (χ0v) is 16.1. The highest BCUT2D eigenvalue weighted by Gasteiger charge is 2.17. The van der Waals surface area contributed by atoms with Crippen LogP contribution in [0.4, 0.5) is 0 Å². The summed E-state index contributed by atoms with van der Waals surface area (Å²) in [7, 11) is 2.21. The van der Waals surface area contributed by atoms with Gasteiger partial charge in [0.2, 0.25) is 0 Å². The Balaban J connectivity index is 1.43. The third-order valence-electron chi connectivity index (χ3n) is 5.58. The Hall–Kier alpha value is -1.10. The van der Waals surface area contributed by atoms with Crippen molar-refractivity contribution in [1.29, 1.82) is 0 Å². The summed E-state index contributed by atoms with van der Waals surface area (Å²) in [5, 5.41) is 0. The Labute approximate surface area is 153 Å². The van der Waals surface area contributed by atoms with Gasteiger partial charge in [-0.3, -0.25) is 4.90 Å². The third kappa shape index (κ3) is 5.98. The number of piperidine rings is 1. The molecule has 3 rings (SSSR count). The number of rotatable bonds is 7. The van der Waals surface area contributed by atoms with Gasteiger partial charge in [-0.2, -0.15) is 0 Å². The average molecular weight is 346 g/mol. The van der Waals surface area contributed by atoms with Crippen molar-refractivity contribution in [3.05, 3.63) is 29.8 Å². The molecule has 0 amide bonds. The Morgan fingerprint density at radius 1 is 1.04 bits per heavy atom. The van der Waals surface area contributed by atoms with Gasteiger partial charge in [-0.05, 0) is 44.8 Å². The normalized spacial score (nSPS) is 23.7. The molecule has 0 unspecified atom stereocenters. The van der Waals surface area contributed by atoms with Crippen LogP contribution in [0.2, 0.25) is 0 Å². The Morgan fingerprint density at radius 3 is 2.64 bits per heavy atom. The molecule has 0 aliphatic carbocycles. The van der Waals surface area contributed by atoms with Gasteiger partial charge in [-0.25, -0.2) is 0 Å². The first-order valence-electron chi connectivity index (χ1n) is 10.0. The van der Waals surface area contributed by atoms with Crippen LogP contribution in [-0.4, -0.2) is 74.2 Å². The van der Waals surface area contributed by atoms with E-state index in [0.717, 1.165) is 57.4 Å². The molecule has 0 spiro atoms. The van der Waals surface area contributed by atoms with Crippen molar-refractivity contribution in [3.63, 3.8) is 0 Å². The van der Waals surface area contributed by atoms with Crippen LogP contribution in [0.5, 0.6) is 5.75 Å². The van der Waals surface area contributed by atoms with Crippen molar-refractivity contribution in [3.8, 4) is 5.75 Å². The van der Waals surface area contributed by atoms with Gasteiger partial charge in [0, 0.05) is 51.4 Å². The van der Waals surface area contributed by atoms with E-state index in [-0.39, 0.29) is 0 Å². The summed E-state index contributed by atoms with van der Waals surface area (Å²) >= 11 is 0. The molecule has 0 aromatic heterocycles. The third-order valence-corrected chi connectivity index (χ3v) is 5.58. The summed E-state index contributed by atoms with van der Waals surface area (Å²) in [5.41, 5.74) is 1.33. The van der Waals surface area contributed by atoms with Crippen molar-refractivity contribution in [2.75, 3.05) is 59.5 Å². The summed E-state index contributed by atoms with van der Waals surface area (Å²) in [5.74, 6) is 1.94. The number of hydrogen-bond donors (Lipinski definition) is 0. The predicted molar refractivity (Wildman–Crippen MR) is 104 cm³/mol. The van der Waals surface area contributed by atoms with Crippen molar-refractivity contribution in [1.82, 2.24) is 14.7 Å². The van der Waals surface area contributed by atoms with E-state index in [2.05, 4.69) is 52.9 Å². The first-order valence-corrected chi connectivity index (χ1v) is 10.0. The molecule has 2 fully saturated rings. The highest BCUT2D eigenvalue weighted by molar-refractivity contribution is 5.33. The molecule has 140 valence electrons. The summed E-state index contributed by atoms with van der Waals surface area (Å²) in [6.07, 6.45) is 3.87. The maximum atomic E-state index is 6.15. The Kier molecular flexibility index (Phi) is 7.14. The van der Waals surface area contributed by atoms with E-state index in [4.69, 9.17) is 4.74 Å². The van der Waals surface area contributed by atoms with Crippen LogP contribution < -0.4 is 4.74 Å². The quantitative estimate of drug-likeness (QED) is 0.707. The minimum absolute atomic E-state index is 0.824. The van der Waals surface area contributed by atoms with Gasteiger partial charge >= 0.3 is 0 Å². The number of nitrogens with zero attached hydrogens (tertiary/aromatic N) is 3. The van der Waals surface area contributed by atoms with E-state index in [9.17, 15) is 0 Å². The molecule has 2 heterocycles. The molecule has 0 radical (unpaired) electrons. The van der Waals surface area contributed by atoms with Crippen molar-refractivity contribution in [2.45, 2.75) is 32.7 Å². The number of hydrogen-bond acceptors (Lipinski definition) is 4. The average Bonchev–Trinajstić information content (AvgIpc) is 2.62. The second-order valence-corrected chi connectivity index (χ2v) is 7.94. The van der Waals surface area contributed by atoms with E-state index in [1.54, 1.807) is 0 Å². The van der Waals surface area contributed by atoms with E-state index in [0.29, 0.717) is 0 Å². The van der Waals surface area contributed by atoms with Crippen molar-refractivity contribution < 1.29 is 4.74 Å². The lowest BCUT2D eigenvalue weighted by Crippen LogP contribution is -2.43. The van der Waals surface area contributed by atoms with E-state index < -0.39 is 0 Å². The lowest BCUT2D eigenvalue weighted by Gasteiger charge is -2.32. The predicted octanol–water partition coefficient (Wildman–Crippen LogP) is 2.93. The van der Waals surface area contributed by atoms with E-state index >= 15 is 0 Å². The molecule has 4 heteroatoms. The van der Waals surface area contributed by atoms with Crippen LogP contribution >= 0.6 is 0 Å². The molecule has 1 aromatic carbocycles. The molecule has 2 saturated heterocycles. The zero-order chi connectivity index (χ0) is 17.5. The second kappa shape index (κ2) is 9.56. The summed E-state index contributed by atoms with van der Waals surface area (Å²) in [6, 6.07) is 8.58. The van der Waals surface area contributed by atoms with Gasteiger partial charge in [0.15, 0.2) is 0 Å². The molecule has 25 heavy (non-hydrogen) atoms. The summed E-state index contributed by atoms with van der Waals surface area (Å²) in [4.78, 5) is 7.55. The van der Waals surface area contributed by atoms with Crippen LogP contribution in [0.1, 0.15) is 31.7 Å². The number of likely N-dealkylation sites (tertiary alicyclic amines) is 1. The lowest BCUT2D eigenvalue weighted by molar-refractivity contribution is 0.145. The van der Waals surface area contributed by atoms with Crippen LogP contribution in [0, 0.1) is 5.92 Å². The molecular weight excluding hydrogens is 310 g/mol. The highest BCUT2D eigenvalue weighted by Crippen LogP contribution is 2.21. The van der Waals surface area contributed by atoms with Gasteiger partial charge in [0.1, 0.15) is 5.75 Å². The fourth-order valence-corrected chi connectivity index (χ4v) is 3.98. The SMILES string of the molecule is C[C@H]1CCCN(CCCOc2ccccc2CN2CCN(C)CC2)C1. The van der Waals surface area contributed by atoms with Gasteiger partial charge in [0.05, 0.1) is 6.61 Å². The largest absolute Gasteiger partial charge is 0.493 e. The lowest BCUT2D eigenvalue weighted by atomic mass is 10.0. The van der Waals surface area contributed by atoms with Gasteiger partial charge in [-0.1, -0.05) is 25.1 Å². The van der Waals surface area contributed by atoms with Gasteiger partial charge in [-0.15, -0.1) is 0 Å². The zero-order valence-electron chi connectivity index (χ0n) is 16.1. The smallest absolute Gasteiger partial charge is 0.123 e. The fourth-order valence-electron chi connectivity index (χ4n) is 3.98. The molecular formula is C21H35N3O.